The number of hydrogen-bond acceptors (Lipinski definition) is 4. The molecule has 0 aliphatic carbocycles. The van der Waals surface area contributed by atoms with Crippen molar-refractivity contribution in [1.82, 2.24) is 9.97 Å². The summed E-state index contributed by atoms with van der Waals surface area (Å²) in [7, 11) is 0. The number of benzene rings is 1. The minimum absolute atomic E-state index is 0.0308. The van der Waals surface area contributed by atoms with E-state index in [1.54, 1.807) is 24.5 Å². The highest BCUT2D eigenvalue weighted by Gasteiger charge is 2.07. The maximum Gasteiger partial charge on any atom is 0.223 e. The molecule has 0 amide bonds. The van der Waals surface area contributed by atoms with Crippen molar-refractivity contribution >= 4 is 21.9 Å². The first-order valence-electron chi connectivity index (χ1n) is 5.18. The Labute approximate surface area is 108 Å². The van der Waals surface area contributed by atoms with Crippen LogP contribution in [0.2, 0.25) is 0 Å². The Kier molecular flexibility index (Phi) is 3.58. The van der Waals surface area contributed by atoms with Crippen LogP contribution in [0.25, 0.3) is 0 Å². The molecule has 0 radical (unpaired) electrons. The van der Waals surface area contributed by atoms with Gasteiger partial charge in [0.15, 0.2) is 0 Å². The molecule has 0 aliphatic heterocycles. The van der Waals surface area contributed by atoms with E-state index in [2.05, 4.69) is 31.2 Å². The fourth-order valence-corrected chi connectivity index (χ4v) is 1.66. The summed E-state index contributed by atoms with van der Waals surface area (Å²) >= 11 is 3.28. The Hall–Kier alpha value is -1.62. The van der Waals surface area contributed by atoms with Gasteiger partial charge in [-0.05, 0) is 40.5 Å². The molecule has 2 aromatic rings. The molecule has 1 unspecified atom stereocenters. The molecular weight excluding hydrogens is 282 g/mol. The quantitative estimate of drug-likeness (QED) is 0.913. The zero-order valence-electron chi connectivity index (χ0n) is 9.26. The van der Waals surface area contributed by atoms with E-state index < -0.39 is 0 Å². The van der Waals surface area contributed by atoms with Crippen molar-refractivity contribution in [3.05, 3.63) is 46.7 Å². The summed E-state index contributed by atoms with van der Waals surface area (Å²) in [6, 6.07) is 7.15. The summed E-state index contributed by atoms with van der Waals surface area (Å²) in [6.45, 7) is 1.99. The van der Waals surface area contributed by atoms with E-state index in [1.807, 2.05) is 19.1 Å². The van der Waals surface area contributed by atoms with Crippen LogP contribution in [-0.4, -0.2) is 15.1 Å². The summed E-state index contributed by atoms with van der Waals surface area (Å²) in [5, 5.41) is 12.6. The number of anilines is 1. The van der Waals surface area contributed by atoms with Gasteiger partial charge in [0.2, 0.25) is 5.95 Å². The molecule has 0 saturated carbocycles. The molecular formula is C12H12BrN3O. The van der Waals surface area contributed by atoms with Crippen LogP contribution in [-0.2, 0) is 0 Å². The van der Waals surface area contributed by atoms with Crippen LogP contribution in [0.5, 0.6) is 5.75 Å². The molecule has 1 atom stereocenters. The van der Waals surface area contributed by atoms with Crippen molar-refractivity contribution in [3.8, 4) is 5.75 Å². The van der Waals surface area contributed by atoms with Gasteiger partial charge >= 0.3 is 0 Å². The Morgan fingerprint density at radius 2 is 2.00 bits per heavy atom. The van der Waals surface area contributed by atoms with E-state index in [-0.39, 0.29) is 11.8 Å². The molecule has 88 valence electrons. The number of aromatic hydroxyl groups is 1. The zero-order chi connectivity index (χ0) is 12.3. The Morgan fingerprint density at radius 1 is 1.29 bits per heavy atom. The van der Waals surface area contributed by atoms with E-state index >= 15 is 0 Å². The lowest BCUT2D eigenvalue weighted by atomic mass is 10.1. The van der Waals surface area contributed by atoms with E-state index in [0.29, 0.717) is 5.95 Å². The molecule has 2 rings (SSSR count). The van der Waals surface area contributed by atoms with Gasteiger partial charge in [0.1, 0.15) is 5.75 Å². The largest absolute Gasteiger partial charge is 0.508 e. The standard InChI is InChI=1S/C12H12BrN3O/c1-8(9-3-2-4-11(17)5-9)16-12-14-6-10(13)7-15-12/h2-8,17H,1H3,(H,14,15,16). The van der Waals surface area contributed by atoms with Gasteiger partial charge < -0.3 is 10.4 Å². The van der Waals surface area contributed by atoms with E-state index in [1.165, 1.54) is 0 Å². The van der Waals surface area contributed by atoms with Crippen molar-refractivity contribution in [2.75, 3.05) is 5.32 Å². The van der Waals surface area contributed by atoms with Gasteiger partial charge in [-0.25, -0.2) is 9.97 Å². The molecule has 1 aromatic heterocycles. The molecule has 0 spiro atoms. The third kappa shape index (κ3) is 3.17. The monoisotopic (exact) mass is 293 g/mol. The highest BCUT2D eigenvalue weighted by molar-refractivity contribution is 9.10. The number of nitrogens with zero attached hydrogens (tertiary/aromatic N) is 2. The number of hydrogen-bond donors (Lipinski definition) is 2. The fourth-order valence-electron chi connectivity index (χ4n) is 1.46. The lowest BCUT2D eigenvalue weighted by Crippen LogP contribution is -2.08. The number of phenolic OH excluding ortho intramolecular Hbond substituents is 1. The summed E-state index contributed by atoms with van der Waals surface area (Å²) in [5.74, 6) is 0.817. The fraction of sp³-hybridized carbons (Fsp3) is 0.167. The topological polar surface area (TPSA) is 58.0 Å². The molecule has 0 aliphatic rings. The summed E-state index contributed by atoms with van der Waals surface area (Å²) < 4.78 is 0.841. The number of halogens is 1. The van der Waals surface area contributed by atoms with Gasteiger partial charge in [-0.3, -0.25) is 0 Å². The number of rotatable bonds is 3. The molecule has 1 aromatic carbocycles. The molecule has 1 heterocycles. The van der Waals surface area contributed by atoms with Crippen LogP contribution < -0.4 is 5.32 Å². The van der Waals surface area contributed by atoms with E-state index in [0.717, 1.165) is 10.0 Å². The Bertz CT molecular complexity index is 501. The molecule has 2 N–H and O–H groups in total. The molecule has 4 nitrogen and oxygen atoms in total. The number of nitrogens with one attached hydrogen (secondary N) is 1. The smallest absolute Gasteiger partial charge is 0.223 e. The summed E-state index contributed by atoms with van der Waals surface area (Å²) in [5.41, 5.74) is 0.983. The first-order valence-corrected chi connectivity index (χ1v) is 5.97. The van der Waals surface area contributed by atoms with Crippen molar-refractivity contribution in [2.24, 2.45) is 0 Å². The second-order valence-electron chi connectivity index (χ2n) is 3.69. The van der Waals surface area contributed by atoms with Gasteiger partial charge in [-0.2, -0.15) is 0 Å². The minimum Gasteiger partial charge on any atom is -0.508 e. The second kappa shape index (κ2) is 5.14. The van der Waals surface area contributed by atoms with Crippen molar-refractivity contribution in [3.63, 3.8) is 0 Å². The first kappa shape index (κ1) is 11.9. The van der Waals surface area contributed by atoms with Gasteiger partial charge in [0.25, 0.3) is 0 Å². The average molecular weight is 294 g/mol. The molecule has 0 bridgehead atoms. The molecule has 5 heteroatoms. The predicted octanol–water partition coefficient (Wildman–Crippen LogP) is 3.12. The van der Waals surface area contributed by atoms with Crippen molar-refractivity contribution in [2.45, 2.75) is 13.0 Å². The number of phenols is 1. The predicted molar refractivity (Wildman–Crippen MR) is 69.9 cm³/mol. The summed E-state index contributed by atoms with van der Waals surface area (Å²) in [4.78, 5) is 8.27. The van der Waals surface area contributed by atoms with Crippen LogP contribution in [0.3, 0.4) is 0 Å². The highest BCUT2D eigenvalue weighted by atomic mass is 79.9. The zero-order valence-corrected chi connectivity index (χ0v) is 10.8. The van der Waals surface area contributed by atoms with Crippen LogP contribution in [0, 0.1) is 0 Å². The van der Waals surface area contributed by atoms with Gasteiger partial charge in [-0.1, -0.05) is 12.1 Å². The molecule has 0 fully saturated rings. The second-order valence-corrected chi connectivity index (χ2v) is 4.60. The lowest BCUT2D eigenvalue weighted by molar-refractivity contribution is 0.474. The molecule has 0 saturated heterocycles. The Morgan fingerprint density at radius 3 is 2.65 bits per heavy atom. The maximum absolute atomic E-state index is 9.40. The third-order valence-electron chi connectivity index (χ3n) is 2.34. The molecule has 17 heavy (non-hydrogen) atoms. The SMILES string of the molecule is CC(Nc1ncc(Br)cn1)c1cccc(O)c1. The van der Waals surface area contributed by atoms with Gasteiger partial charge in [0, 0.05) is 12.4 Å². The lowest BCUT2D eigenvalue weighted by Gasteiger charge is -2.14. The third-order valence-corrected chi connectivity index (χ3v) is 2.75. The highest BCUT2D eigenvalue weighted by Crippen LogP contribution is 2.20. The van der Waals surface area contributed by atoms with Crippen LogP contribution in [0.15, 0.2) is 41.1 Å². The Balaban J connectivity index is 2.11. The average Bonchev–Trinajstić information content (AvgIpc) is 2.32. The van der Waals surface area contributed by atoms with Crippen LogP contribution >= 0.6 is 15.9 Å². The van der Waals surface area contributed by atoms with Crippen LogP contribution in [0.4, 0.5) is 5.95 Å². The van der Waals surface area contributed by atoms with Crippen molar-refractivity contribution < 1.29 is 5.11 Å². The van der Waals surface area contributed by atoms with Gasteiger partial charge in [0.05, 0.1) is 10.5 Å². The maximum atomic E-state index is 9.40. The van der Waals surface area contributed by atoms with Crippen LogP contribution in [0.1, 0.15) is 18.5 Å². The first-order chi connectivity index (χ1) is 8.15. The van der Waals surface area contributed by atoms with Gasteiger partial charge in [-0.15, -0.1) is 0 Å². The van der Waals surface area contributed by atoms with E-state index in [9.17, 15) is 5.11 Å². The van der Waals surface area contributed by atoms with Crippen molar-refractivity contribution in [1.29, 1.82) is 0 Å². The summed E-state index contributed by atoms with van der Waals surface area (Å²) in [6.07, 6.45) is 3.37. The van der Waals surface area contributed by atoms with E-state index in [4.69, 9.17) is 0 Å². The normalized spacial score (nSPS) is 12.1. The number of aromatic nitrogens is 2. The minimum atomic E-state index is 0.0308.